The second-order valence-corrected chi connectivity index (χ2v) is 8.58. The van der Waals surface area contributed by atoms with Gasteiger partial charge in [-0.25, -0.2) is 0 Å². The second kappa shape index (κ2) is 18.3. The van der Waals surface area contributed by atoms with Crippen LogP contribution in [0, 0.1) is 0 Å². The van der Waals surface area contributed by atoms with Crippen LogP contribution in [0.25, 0.3) is 0 Å². The summed E-state index contributed by atoms with van der Waals surface area (Å²) in [4.78, 5) is 2.55. The molecular formula is C26H47N. The second-order valence-electron chi connectivity index (χ2n) is 8.58. The van der Waals surface area contributed by atoms with Crippen molar-refractivity contribution < 1.29 is 0 Å². The highest BCUT2D eigenvalue weighted by Crippen LogP contribution is 2.14. The minimum absolute atomic E-state index is 0.212. The van der Waals surface area contributed by atoms with E-state index in [1.807, 2.05) is 12.2 Å². The summed E-state index contributed by atoms with van der Waals surface area (Å²) >= 11 is 0. The lowest BCUT2D eigenvalue weighted by Crippen LogP contribution is -2.41. The first-order valence-corrected chi connectivity index (χ1v) is 11.3. The molecule has 0 aromatic rings. The molecule has 156 valence electrons. The number of hydrogen-bond donors (Lipinski definition) is 0. The van der Waals surface area contributed by atoms with E-state index < -0.39 is 0 Å². The molecule has 0 saturated carbocycles. The van der Waals surface area contributed by atoms with Gasteiger partial charge in [-0.15, -0.1) is 13.2 Å². The van der Waals surface area contributed by atoms with Crippen molar-refractivity contribution in [3.8, 4) is 0 Å². The smallest absolute Gasteiger partial charge is 0.0171 e. The lowest BCUT2D eigenvalue weighted by Gasteiger charge is -2.34. The van der Waals surface area contributed by atoms with Crippen LogP contribution in [0.2, 0.25) is 0 Å². The van der Waals surface area contributed by atoms with Crippen molar-refractivity contribution in [2.24, 2.45) is 0 Å². The minimum atomic E-state index is 0.212. The third-order valence-electron chi connectivity index (χ3n) is 4.99. The van der Waals surface area contributed by atoms with E-state index in [9.17, 15) is 0 Å². The first-order valence-electron chi connectivity index (χ1n) is 11.3. The molecule has 0 atom stereocenters. The highest BCUT2D eigenvalue weighted by Gasteiger charge is 2.18. The van der Waals surface area contributed by atoms with Gasteiger partial charge in [0.2, 0.25) is 0 Å². The highest BCUT2D eigenvalue weighted by atomic mass is 15.2. The van der Waals surface area contributed by atoms with Gasteiger partial charge in [0.1, 0.15) is 0 Å². The highest BCUT2D eigenvalue weighted by molar-refractivity contribution is 4.93. The van der Waals surface area contributed by atoms with Crippen LogP contribution < -0.4 is 0 Å². The number of allylic oxidation sites excluding steroid dienone is 4. The zero-order valence-corrected chi connectivity index (χ0v) is 18.7. The van der Waals surface area contributed by atoms with Gasteiger partial charge in [-0.1, -0.05) is 62.1 Å². The predicted octanol–water partition coefficient (Wildman–Crippen LogP) is 8.25. The van der Waals surface area contributed by atoms with E-state index in [-0.39, 0.29) is 5.54 Å². The van der Waals surface area contributed by atoms with Crippen LogP contribution in [0.1, 0.15) is 97.8 Å². The van der Waals surface area contributed by atoms with E-state index in [0.717, 1.165) is 13.1 Å². The molecule has 0 fully saturated rings. The average Bonchev–Trinajstić information content (AvgIpc) is 2.62. The Hall–Kier alpha value is -1.08. The third kappa shape index (κ3) is 18.1. The number of hydrogen-bond acceptors (Lipinski definition) is 1. The number of unbranched alkanes of at least 4 members (excludes halogenated alkanes) is 10. The largest absolute Gasteiger partial charge is 0.291 e. The van der Waals surface area contributed by atoms with Gasteiger partial charge in [0.25, 0.3) is 0 Å². The minimum Gasteiger partial charge on any atom is -0.291 e. The van der Waals surface area contributed by atoms with E-state index in [1.165, 1.54) is 77.0 Å². The average molecular weight is 374 g/mol. The summed E-state index contributed by atoms with van der Waals surface area (Å²) in [5.41, 5.74) is 0.212. The quantitative estimate of drug-likeness (QED) is 0.173. The lowest BCUT2D eigenvalue weighted by molar-refractivity contribution is 0.172. The third-order valence-corrected chi connectivity index (χ3v) is 4.99. The summed E-state index contributed by atoms with van der Waals surface area (Å²) < 4.78 is 0. The molecule has 0 saturated heterocycles. The summed E-state index contributed by atoms with van der Waals surface area (Å²) in [6.45, 7) is 16.6. The molecule has 0 aliphatic carbocycles. The molecule has 0 N–H and O–H groups in total. The summed E-state index contributed by atoms with van der Waals surface area (Å²) in [7, 11) is 0. The van der Waals surface area contributed by atoms with Gasteiger partial charge in [0, 0.05) is 18.6 Å². The van der Waals surface area contributed by atoms with Gasteiger partial charge >= 0.3 is 0 Å². The molecule has 0 unspecified atom stereocenters. The summed E-state index contributed by atoms with van der Waals surface area (Å²) in [6, 6.07) is 0. The molecule has 0 aromatic heterocycles. The Balaban J connectivity index is 3.91. The maximum atomic E-state index is 3.78. The molecule has 0 spiro atoms. The molecule has 27 heavy (non-hydrogen) atoms. The Morgan fingerprint density at radius 1 is 0.556 bits per heavy atom. The summed E-state index contributed by atoms with van der Waals surface area (Å²) in [5, 5.41) is 0. The van der Waals surface area contributed by atoms with Gasteiger partial charge in [-0.3, -0.25) is 4.90 Å². The number of rotatable bonds is 18. The molecule has 0 rings (SSSR count). The fourth-order valence-electron chi connectivity index (χ4n) is 3.07. The monoisotopic (exact) mass is 373 g/mol. The van der Waals surface area contributed by atoms with Gasteiger partial charge in [-0.2, -0.15) is 0 Å². The Bertz CT molecular complexity index is 365. The molecule has 0 heterocycles. The Morgan fingerprint density at radius 3 is 1.26 bits per heavy atom. The zero-order chi connectivity index (χ0) is 20.2. The van der Waals surface area contributed by atoms with Crippen LogP contribution >= 0.6 is 0 Å². The van der Waals surface area contributed by atoms with Crippen molar-refractivity contribution in [1.82, 2.24) is 4.90 Å². The molecule has 0 bridgehead atoms. The van der Waals surface area contributed by atoms with Crippen LogP contribution in [-0.2, 0) is 0 Å². The van der Waals surface area contributed by atoms with Crippen molar-refractivity contribution in [3.05, 3.63) is 49.6 Å². The van der Waals surface area contributed by atoms with Crippen molar-refractivity contribution in [2.45, 2.75) is 103 Å². The predicted molar refractivity (Wildman–Crippen MR) is 125 cm³/mol. The molecule has 0 radical (unpaired) electrons. The summed E-state index contributed by atoms with van der Waals surface area (Å²) in [5.74, 6) is 0. The maximum Gasteiger partial charge on any atom is 0.0171 e. The first kappa shape index (κ1) is 25.9. The van der Waals surface area contributed by atoms with Gasteiger partial charge in [0.15, 0.2) is 0 Å². The van der Waals surface area contributed by atoms with Crippen LogP contribution in [0.4, 0.5) is 0 Å². The molecule has 1 heteroatoms. The Kier molecular flexibility index (Phi) is 17.6. The van der Waals surface area contributed by atoms with Gasteiger partial charge < -0.3 is 0 Å². The fraction of sp³-hybridized carbons (Fsp3) is 0.692. The lowest BCUT2D eigenvalue weighted by atomic mass is 10.1. The summed E-state index contributed by atoms with van der Waals surface area (Å²) in [6.07, 6.45) is 28.9. The van der Waals surface area contributed by atoms with Crippen molar-refractivity contribution in [1.29, 1.82) is 0 Å². The molecule has 0 aliphatic rings. The topological polar surface area (TPSA) is 3.24 Å². The van der Waals surface area contributed by atoms with Crippen molar-refractivity contribution in [2.75, 3.05) is 13.1 Å². The maximum absolute atomic E-state index is 3.78. The molecule has 1 nitrogen and oxygen atoms in total. The normalized spacial score (nSPS) is 12.4. The standard InChI is InChI=1S/C26H47N/c1-6-8-10-12-14-16-18-20-22-24-27(26(3,4)5)25-23-21-19-17-15-13-11-9-7-2/h6-7,20-23H,1-2,8-19,24-25H2,3-5H3. The molecule has 0 aromatic carbocycles. The van der Waals surface area contributed by atoms with Crippen molar-refractivity contribution in [3.63, 3.8) is 0 Å². The van der Waals surface area contributed by atoms with E-state index in [1.54, 1.807) is 0 Å². The first-order chi connectivity index (χ1) is 13.0. The Morgan fingerprint density at radius 2 is 0.926 bits per heavy atom. The zero-order valence-electron chi connectivity index (χ0n) is 18.7. The fourth-order valence-corrected chi connectivity index (χ4v) is 3.07. The van der Waals surface area contributed by atoms with Crippen LogP contribution in [0.3, 0.4) is 0 Å². The molecular weight excluding hydrogens is 326 g/mol. The molecule has 0 amide bonds. The Labute approximate surface area is 171 Å². The van der Waals surface area contributed by atoms with Crippen LogP contribution in [0.5, 0.6) is 0 Å². The van der Waals surface area contributed by atoms with Crippen molar-refractivity contribution >= 4 is 0 Å². The van der Waals surface area contributed by atoms with E-state index in [0.29, 0.717) is 0 Å². The van der Waals surface area contributed by atoms with E-state index in [2.05, 4.69) is 63.1 Å². The van der Waals surface area contributed by atoms with E-state index in [4.69, 9.17) is 0 Å². The molecule has 0 aliphatic heterocycles. The van der Waals surface area contributed by atoms with Gasteiger partial charge in [-0.05, 0) is 72.1 Å². The van der Waals surface area contributed by atoms with Crippen LogP contribution in [-0.4, -0.2) is 23.5 Å². The van der Waals surface area contributed by atoms with Gasteiger partial charge in [0.05, 0.1) is 0 Å². The van der Waals surface area contributed by atoms with Crippen LogP contribution in [0.15, 0.2) is 49.6 Å². The SMILES string of the molecule is C=CCCCCCCC=CCN(CC=CCCCCCCC=C)C(C)(C)C. The number of nitrogens with zero attached hydrogens (tertiary/aromatic N) is 1. The van der Waals surface area contributed by atoms with E-state index >= 15 is 0 Å².